The maximum atomic E-state index is 11.7. The molecule has 0 unspecified atom stereocenters. The molecule has 0 saturated carbocycles. The SMILES string of the molecule is CNCCN(C)CC(F)F.Cl.Cl. The first-order valence-electron chi connectivity index (χ1n) is 3.28. The Morgan fingerprint density at radius 3 is 2.17 bits per heavy atom. The smallest absolute Gasteiger partial charge is 0.251 e. The van der Waals surface area contributed by atoms with Gasteiger partial charge in [-0.2, -0.15) is 0 Å². The summed E-state index contributed by atoms with van der Waals surface area (Å²) in [5.41, 5.74) is 0. The Morgan fingerprint density at radius 2 is 1.83 bits per heavy atom. The minimum atomic E-state index is -2.22. The average molecular weight is 225 g/mol. The average Bonchev–Trinajstić information content (AvgIpc) is 1.82. The number of hydrogen-bond donors (Lipinski definition) is 1. The quantitative estimate of drug-likeness (QED) is 0.757. The van der Waals surface area contributed by atoms with E-state index in [0.29, 0.717) is 6.54 Å². The van der Waals surface area contributed by atoms with Gasteiger partial charge in [0, 0.05) is 13.1 Å². The highest BCUT2D eigenvalue weighted by atomic mass is 35.5. The molecule has 0 heterocycles. The van der Waals surface area contributed by atoms with Crippen LogP contribution in [0.2, 0.25) is 0 Å². The summed E-state index contributed by atoms with van der Waals surface area (Å²) in [5.74, 6) is 0. The molecule has 0 aliphatic carbocycles. The van der Waals surface area contributed by atoms with E-state index >= 15 is 0 Å². The van der Waals surface area contributed by atoms with Gasteiger partial charge in [-0.3, -0.25) is 4.90 Å². The van der Waals surface area contributed by atoms with Gasteiger partial charge in [0.25, 0.3) is 6.43 Å². The van der Waals surface area contributed by atoms with E-state index in [1.165, 1.54) is 0 Å². The lowest BCUT2D eigenvalue weighted by atomic mass is 10.5. The molecule has 0 aliphatic rings. The molecule has 6 heteroatoms. The number of likely N-dealkylation sites (N-methyl/N-ethyl adjacent to an activating group) is 2. The molecule has 0 fully saturated rings. The molecule has 0 bridgehead atoms. The molecular weight excluding hydrogens is 209 g/mol. The second-order valence-corrected chi connectivity index (χ2v) is 2.26. The Labute approximate surface area is 84.5 Å². The van der Waals surface area contributed by atoms with Gasteiger partial charge in [-0.15, -0.1) is 24.8 Å². The van der Waals surface area contributed by atoms with Crippen LogP contribution in [0.4, 0.5) is 8.78 Å². The van der Waals surface area contributed by atoms with Crippen LogP contribution >= 0.6 is 24.8 Å². The van der Waals surface area contributed by atoms with Crippen molar-refractivity contribution in [2.24, 2.45) is 0 Å². The Morgan fingerprint density at radius 1 is 1.33 bits per heavy atom. The minimum absolute atomic E-state index is 0. The highest BCUT2D eigenvalue weighted by Gasteiger charge is 2.05. The van der Waals surface area contributed by atoms with Gasteiger partial charge in [0.05, 0.1) is 6.54 Å². The van der Waals surface area contributed by atoms with E-state index in [2.05, 4.69) is 5.32 Å². The van der Waals surface area contributed by atoms with Crippen LogP contribution in [0.15, 0.2) is 0 Å². The van der Waals surface area contributed by atoms with Gasteiger partial charge in [0.15, 0.2) is 0 Å². The van der Waals surface area contributed by atoms with E-state index in [0.717, 1.165) is 6.54 Å². The van der Waals surface area contributed by atoms with Crippen molar-refractivity contribution in [2.75, 3.05) is 33.7 Å². The molecule has 12 heavy (non-hydrogen) atoms. The van der Waals surface area contributed by atoms with Crippen molar-refractivity contribution < 1.29 is 8.78 Å². The topological polar surface area (TPSA) is 15.3 Å². The number of hydrogen-bond acceptors (Lipinski definition) is 2. The summed E-state index contributed by atoms with van der Waals surface area (Å²) in [7, 11) is 3.49. The van der Waals surface area contributed by atoms with Gasteiger partial charge >= 0.3 is 0 Å². The molecule has 78 valence electrons. The Hall–Kier alpha value is 0.360. The summed E-state index contributed by atoms with van der Waals surface area (Å²) in [6, 6.07) is 0. The monoisotopic (exact) mass is 224 g/mol. The summed E-state index contributed by atoms with van der Waals surface area (Å²) in [5, 5.41) is 2.89. The molecule has 0 amide bonds. The number of nitrogens with one attached hydrogen (secondary N) is 1. The number of rotatable bonds is 5. The lowest BCUT2D eigenvalue weighted by Crippen LogP contribution is -2.31. The van der Waals surface area contributed by atoms with Crippen molar-refractivity contribution in [3.63, 3.8) is 0 Å². The molecule has 0 atom stereocenters. The van der Waals surface area contributed by atoms with Crippen molar-refractivity contribution in [2.45, 2.75) is 6.43 Å². The van der Waals surface area contributed by atoms with Gasteiger partial charge < -0.3 is 5.32 Å². The van der Waals surface area contributed by atoms with Crippen LogP contribution in [0.1, 0.15) is 0 Å². The zero-order valence-corrected chi connectivity index (χ0v) is 8.85. The fourth-order valence-corrected chi connectivity index (χ4v) is 0.630. The fourth-order valence-electron chi connectivity index (χ4n) is 0.630. The Bertz CT molecular complexity index is 85.9. The number of alkyl halides is 2. The molecule has 2 nitrogen and oxygen atoms in total. The van der Waals surface area contributed by atoms with E-state index in [1.807, 2.05) is 0 Å². The highest BCUT2D eigenvalue weighted by Crippen LogP contribution is 1.93. The summed E-state index contributed by atoms with van der Waals surface area (Å²) in [6.45, 7) is 1.28. The van der Waals surface area contributed by atoms with E-state index < -0.39 is 6.43 Å². The zero-order valence-electron chi connectivity index (χ0n) is 7.22. The summed E-state index contributed by atoms with van der Waals surface area (Å²) >= 11 is 0. The number of halogens is 4. The first-order chi connectivity index (χ1) is 4.66. The first kappa shape index (κ1) is 18.2. The molecule has 0 rings (SSSR count). The van der Waals surface area contributed by atoms with Crippen LogP contribution in [0.25, 0.3) is 0 Å². The normalized spacial score (nSPS) is 9.50. The summed E-state index contributed by atoms with van der Waals surface area (Å²) < 4.78 is 23.3. The lowest BCUT2D eigenvalue weighted by Gasteiger charge is -2.14. The van der Waals surface area contributed by atoms with Crippen LogP contribution in [0.3, 0.4) is 0 Å². The highest BCUT2D eigenvalue weighted by molar-refractivity contribution is 5.85. The summed E-state index contributed by atoms with van der Waals surface area (Å²) in [6.07, 6.45) is -2.22. The van der Waals surface area contributed by atoms with E-state index in [4.69, 9.17) is 0 Å². The van der Waals surface area contributed by atoms with E-state index in [-0.39, 0.29) is 31.4 Å². The van der Waals surface area contributed by atoms with Crippen LogP contribution in [-0.2, 0) is 0 Å². The third-order valence-electron chi connectivity index (χ3n) is 1.19. The molecule has 0 saturated heterocycles. The van der Waals surface area contributed by atoms with Gasteiger partial charge in [0.2, 0.25) is 0 Å². The van der Waals surface area contributed by atoms with Crippen molar-refractivity contribution in [3.05, 3.63) is 0 Å². The minimum Gasteiger partial charge on any atom is -0.318 e. The Balaban J connectivity index is -0.000000405. The van der Waals surface area contributed by atoms with Crippen molar-refractivity contribution in [1.29, 1.82) is 0 Å². The van der Waals surface area contributed by atoms with Crippen LogP contribution in [0.5, 0.6) is 0 Å². The second kappa shape index (κ2) is 11.4. The number of nitrogens with zero attached hydrogens (tertiary/aromatic N) is 1. The predicted molar refractivity (Wildman–Crippen MR) is 51.9 cm³/mol. The molecule has 0 aliphatic heterocycles. The molecule has 0 aromatic rings. The van der Waals surface area contributed by atoms with Crippen molar-refractivity contribution in [1.82, 2.24) is 10.2 Å². The third kappa shape index (κ3) is 13.0. The standard InChI is InChI=1S/C6H14F2N2.2ClH/c1-9-3-4-10(2)5-6(7)8;;/h6,9H,3-5H2,1-2H3;2*1H. The third-order valence-corrected chi connectivity index (χ3v) is 1.19. The molecule has 0 aromatic heterocycles. The second-order valence-electron chi connectivity index (χ2n) is 2.26. The molecule has 0 radical (unpaired) electrons. The van der Waals surface area contributed by atoms with E-state index in [1.54, 1.807) is 19.0 Å². The van der Waals surface area contributed by atoms with Crippen molar-refractivity contribution in [3.8, 4) is 0 Å². The van der Waals surface area contributed by atoms with Gasteiger partial charge in [-0.1, -0.05) is 0 Å². The van der Waals surface area contributed by atoms with Gasteiger partial charge in [-0.25, -0.2) is 8.78 Å². The maximum Gasteiger partial charge on any atom is 0.251 e. The molecule has 0 spiro atoms. The van der Waals surface area contributed by atoms with Crippen LogP contribution < -0.4 is 5.32 Å². The van der Waals surface area contributed by atoms with E-state index in [9.17, 15) is 8.78 Å². The zero-order chi connectivity index (χ0) is 7.98. The van der Waals surface area contributed by atoms with Gasteiger partial charge in [0.1, 0.15) is 0 Å². The Kier molecular flexibility index (Phi) is 17.2. The maximum absolute atomic E-state index is 11.7. The first-order valence-corrected chi connectivity index (χ1v) is 3.28. The summed E-state index contributed by atoms with van der Waals surface area (Å²) in [4.78, 5) is 1.60. The predicted octanol–water partition coefficient (Wildman–Crippen LogP) is 1.25. The van der Waals surface area contributed by atoms with Crippen LogP contribution in [-0.4, -0.2) is 45.1 Å². The van der Waals surface area contributed by atoms with Crippen molar-refractivity contribution >= 4 is 24.8 Å². The molecule has 0 aromatic carbocycles. The lowest BCUT2D eigenvalue weighted by molar-refractivity contribution is 0.101. The van der Waals surface area contributed by atoms with Gasteiger partial charge in [-0.05, 0) is 14.1 Å². The largest absolute Gasteiger partial charge is 0.318 e. The molecular formula is C6H16Cl2F2N2. The molecule has 1 N–H and O–H groups in total. The fraction of sp³-hybridized carbons (Fsp3) is 1.00. The van der Waals surface area contributed by atoms with Crippen LogP contribution in [0, 0.1) is 0 Å².